The van der Waals surface area contributed by atoms with Crippen LogP contribution in [0, 0.1) is 5.92 Å². The lowest BCUT2D eigenvalue weighted by Crippen LogP contribution is -2.56. The van der Waals surface area contributed by atoms with Gasteiger partial charge in [0.1, 0.15) is 10.4 Å². The summed E-state index contributed by atoms with van der Waals surface area (Å²) in [7, 11) is -2.68. The maximum Gasteiger partial charge on any atom is 0.331 e. The maximum atomic E-state index is 13.1. The molecule has 1 aromatic rings. The molecule has 1 saturated carbocycles. The van der Waals surface area contributed by atoms with Gasteiger partial charge in [0.05, 0.1) is 35.9 Å². The van der Waals surface area contributed by atoms with Crippen LogP contribution in [0.4, 0.5) is 0 Å². The van der Waals surface area contributed by atoms with Crippen LogP contribution < -0.4 is 5.32 Å². The molecule has 1 N–H and O–H groups in total. The average Bonchev–Trinajstić information content (AvgIpc) is 2.75. The van der Waals surface area contributed by atoms with Crippen LogP contribution in [-0.4, -0.2) is 63.6 Å². The van der Waals surface area contributed by atoms with Gasteiger partial charge >= 0.3 is 5.97 Å². The number of amides is 1. The second kappa shape index (κ2) is 9.62. The quantitative estimate of drug-likeness (QED) is 0.633. The van der Waals surface area contributed by atoms with Crippen LogP contribution in [0.25, 0.3) is 0 Å². The molecule has 11 heteroatoms. The number of carbonyl (C=O) groups is 2. The van der Waals surface area contributed by atoms with Gasteiger partial charge in [0.2, 0.25) is 10.0 Å². The third-order valence-electron chi connectivity index (χ3n) is 5.91. The third kappa shape index (κ3) is 5.01. The molecule has 1 aliphatic heterocycles. The van der Waals surface area contributed by atoms with E-state index in [9.17, 15) is 18.0 Å². The highest BCUT2D eigenvalue weighted by atomic mass is 35.5. The molecular formula is C20H26Cl2N2O6S. The normalized spacial score (nSPS) is 25.1. The van der Waals surface area contributed by atoms with E-state index >= 15 is 0 Å². The highest BCUT2D eigenvalue weighted by Gasteiger charge is 2.44. The molecule has 1 aromatic carbocycles. The summed E-state index contributed by atoms with van der Waals surface area (Å²) in [6, 6.07) is 2.40. The first-order valence-corrected chi connectivity index (χ1v) is 12.3. The SMILES string of the molecule is COC(=O)C1(NC(=O)c2cc(S(=O)(=O)N3CCOCC3)c(Cl)cc2Cl)CCC(C)CC1. The molecule has 2 fully saturated rings. The summed E-state index contributed by atoms with van der Waals surface area (Å²) in [5.41, 5.74) is -1.25. The minimum atomic E-state index is -3.95. The van der Waals surface area contributed by atoms with Crippen LogP contribution in [0.3, 0.4) is 0 Å². The van der Waals surface area contributed by atoms with Gasteiger partial charge in [0, 0.05) is 13.1 Å². The molecule has 31 heavy (non-hydrogen) atoms. The van der Waals surface area contributed by atoms with E-state index in [1.807, 2.05) is 0 Å². The van der Waals surface area contributed by atoms with Gasteiger partial charge in [-0.25, -0.2) is 13.2 Å². The van der Waals surface area contributed by atoms with Gasteiger partial charge in [-0.3, -0.25) is 4.79 Å². The van der Waals surface area contributed by atoms with E-state index in [2.05, 4.69) is 12.2 Å². The van der Waals surface area contributed by atoms with E-state index in [4.69, 9.17) is 32.7 Å². The molecule has 0 spiro atoms. The summed E-state index contributed by atoms with van der Waals surface area (Å²) in [6.07, 6.45) is 2.36. The Kier molecular flexibility index (Phi) is 7.53. The van der Waals surface area contributed by atoms with Crippen molar-refractivity contribution in [2.24, 2.45) is 5.92 Å². The highest BCUT2D eigenvalue weighted by Crippen LogP contribution is 2.35. The number of sulfonamides is 1. The van der Waals surface area contributed by atoms with Crippen LogP contribution in [0.2, 0.25) is 10.0 Å². The van der Waals surface area contributed by atoms with Gasteiger partial charge < -0.3 is 14.8 Å². The van der Waals surface area contributed by atoms with Gasteiger partial charge in [-0.1, -0.05) is 30.1 Å². The Hall–Kier alpha value is -1.39. The number of carbonyl (C=O) groups excluding carboxylic acids is 2. The lowest BCUT2D eigenvalue weighted by molar-refractivity contribution is -0.150. The minimum absolute atomic E-state index is 0.00683. The first-order chi connectivity index (χ1) is 14.6. The second-order valence-corrected chi connectivity index (χ2v) is 10.7. The van der Waals surface area contributed by atoms with Crippen molar-refractivity contribution in [1.82, 2.24) is 9.62 Å². The Morgan fingerprint density at radius 2 is 1.77 bits per heavy atom. The first-order valence-electron chi connectivity index (χ1n) is 10.1. The molecule has 0 atom stereocenters. The summed E-state index contributed by atoms with van der Waals surface area (Å²) in [4.78, 5) is 25.4. The lowest BCUT2D eigenvalue weighted by atomic mass is 9.77. The molecule has 2 aliphatic rings. The fourth-order valence-electron chi connectivity index (χ4n) is 3.94. The highest BCUT2D eigenvalue weighted by molar-refractivity contribution is 7.89. The zero-order chi connectivity index (χ0) is 22.8. The average molecular weight is 493 g/mol. The van der Waals surface area contributed by atoms with E-state index in [1.54, 1.807) is 0 Å². The first kappa shape index (κ1) is 24.3. The number of esters is 1. The number of methoxy groups -OCH3 is 1. The standard InChI is InChI=1S/C20H26Cl2N2O6S/c1-13-3-5-20(6-4-13,19(26)29-2)23-18(25)14-11-17(16(22)12-15(14)21)31(27,28)24-7-9-30-10-8-24/h11-13H,3-10H2,1-2H3,(H,23,25). The van der Waals surface area contributed by atoms with Gasteiger partial charge in [0.15, 0.2) is 0 Å². The van der Waals surface area contributed by atoms with Crippen molar-refractivity contribution in [3.05, 3.63) is 27.7 Å². The molecule has 1 amide bonds. The summed E-state index contributed by atoms with van der Waals surface area (Å²) in [6.45, 7) is 3.01. The van der Waals surface area contributed by atoms with Gasteiger partial charge in [0.25, 0.3) is 5.91 Å². The molecule has 3 rings (SSSR count). The maximum absolute atomic E-state index is 13.1. The number of ether oxygens (including phenoxy) is 2. The summed E-state index contributed by atoms with van der Waals surface area (Å²) >= 11 is 12.4. The number of nitrogens with one attached hydrogen (secondary N) is 1. The number of morpholine rings is 1. The lowest BCUT2D eigenvalue weighted by Gasteiger charge is -2.37. The van der Waals surface area contributed by atoms with Crippen LogP contribution in [0.1, 0.15) is 43.0 Å². The molecule has 0 aromatic heterocycles. The van der Waals surface area contributed by atoms with Gasteiger partial charge in [-0.05, 0) is 43.7 Å². The summed E-state index contributed by atoms with van der Waals surface area (Å²) in [5.74, 6) is -0.752. The minimum Gasteiger partial charge on any atom is -0.467 e. The van der Waals surface area contributed by atoms with Crippen molar-refractivity contribution in [2.45, 2.75) is 43.0 Å². The molecule has 0 bridgehead atoms. The molecule has 1 heterocycles. The predicted octanol–water partition coefficient (Wildman–Crippen LogP) is 2.87. The fraction of sp³-hybridized carbons (Fsp3) is 0.600. The van der Waals surface area contributed by atoms with Crippen molar-refractivity contribution < 1.29 is 27.5 Å². The van der Waals surface area contributed by atoms with E-state index in [0.717, 1.165) is 12.8 Å². The van der Waals surface area contributed by atoms with Crippen LogP contribution >= 0.6 is 23.2 Å². The smallest absolute Gasteiger partial charge is 0.331 e. The fourth-order valence-corrected chi connectivity index (χ4v) is 6.18. The van der Waals surface area contributed by atoms with Crippen LogP contribution in [0.5, 0.6) is 0 Å². The van der Waals surface area contributed by atoms with Crippen molar-refractivity contribution in [2.75, 3.05) is 33.4 Å². The monoisotopic (exact) mass is 492 g/mol. The number of hydrogen-bond acceptors (Lipinski definition) is 6. The Bertz CT molecular complexity index is 955. The number of halogens is 2. The van der Waals surface area contributed by atoms with E-state index in [0.29, 0.717) is 18.8 Å². The Balaban J connectivity index is 1.94. The van der Waals surface area contributed by atoms with Crippen molar-refractivity contribution >= 4 is 45.1 Å². The molecule has 1 aliphatic carbocycles. The zero-order valence-corrected chi connectivity index (χ0v) is 19.8. The largest absolute Gasteiger partial charge is 0.467 e. The van der Waals surface area contributed by atoms with E-state index in [1.165, 1.54) is 23.5 Å². The third-order valence-corrected chi connectivity index (χ3v) is 8.59. The van der Waals surface area contributed by atoms with Gasteiger partial charge in [-0.2, -0.15) is 4.31 Å². The topological polar surface area (TPSA) is 102 Å². The predicted molar refractivity (Wildman–Crippen MR) is 116 cm³/mol. The Morgan fingerprint density at radius 3 is 2.35 bits per heavy atom. The molecule has 0 radical (unpaired) electrons. The number of benzene rings is 1. The number of hydrogen-bond donors (Lipinski definition) is 1. The molecule has 8 nitrogen and oxygen atoms in total. The second-order valence-electron chi connectivity index (χ2n) is 7.99. The molecule has 172 valence electrons. The van der Waals surface area contributed by atoms with E-state index in [-0.39, 0.29) is 46.8 Å². The molecule has 0 unspecified atom stereocenters. The van der Waals surface area contributed by atoms with E-state index < -0.39 is 27.4 Å². The number of rotatable bonds is 5. The molecular weight excluding hydrogens is 467 g/mol. The summed E-state index contributed by atoms with van der Waals surface area (Å²) < 4.78 is 37.6. The molecule has 1 saturated heterocycles. The van der Waals surface area contributed by atoms with Crippen LogP contribution in [-0.2, 0) is 24.3 Å². The van der Waals surface area contributed by atoms with Gasteiger partial charge in [-0.15, -0.1) is 0 Å². The Labute approximate surface area is 192 Å². The van der Waals surface area contributed by atoms with Crippen molar-refractivity contribution in [1.29, 1.82) is 0 Å². The van der Waals surface area contributed by atoms with Crippen molar-refractivity contribution in [3.63, 3.8) is 0 Å². The Morgan fingerprint density at radius 1 is 1.16 bits per heavy atom. The zero-order valence-electron chi connectivity index (χ0n) is 17.4. The van der Waals surface area contributed by atoms with Crippen LogP contribution in [0.15, 0.2) is 17.0 Å². The summed E-state index contributed by atoms with van der Waals surface area (Å²) in [5, 5.41) is 2.68. The number of nitrogens with zero attached hydrogens (tertiary/aromatic N) is 1. The van der Waals surface area contributed by atoms with Crippen molar-refractivity contribution in [3.8, 4) is 0 Å².